The smallest absolute Gasteiger partial charge is 0.326 e. The summed E-state index contributed by atoms with van der Waals surface area (Å²) in [5, 5.41) is 35.2. The second-order valence-corrected chi connectivity index (χ2v) is 9.27. The van der Waals surface area contributed by atoms with Crippen LogP contribution < -0.4 is 10.6 Å². The molecule has 1 aliphatic rings. The molecule has 0 aromatic carbocycles. The Balaban J connectivity index is 1.52. The zero-order valence-corrected chi connectivity index (χ0v) is 21.0. The lowest BCUT2D eigenvalue weighted by atomic mass is 10.1. The SMILES string of the molecule is CN(C)[C@@H](O)CN(CCCCc1ccc2c(n1)NCCC2)CC[C@H](Nc1ncc(C#N)cn1)C(=O)O. The summed E-state index contributed by atoms with van der Waals surface area (Å²) < 4.78 is 0. The Kier molecular flexibility index (Phi) is 10.4. The van der Waals surface area contributed by atoms with Gasteiger partial charge in [-0.05, 0) is 70.8 Å². The number of nitrogens with zero attached hydrogens (tertiary/aromatic N) is 6. The number of likely N-dealkylation sites (N-methyl/N-ethyl adjacent to an activating group) is 1. The zero-order chi connectivity index (χ0) is 25.9. The number of aliphatic hydroxyl groups excluding tert-OH is 1. The Morgan fingerprint density at radius 3 is 2.72 bits per heavy atom. The number of hydrogen-bond donors (Lipinski definition) is 4. The molecule has 0 amide bonds. The van der Waals surface area contributed by atoms with Crippen molar-refractivity contribution < 1.29 is 15.0 Å². The van der Waals surface area contributed by atoms with E-state index in [2.05, 4.69) is 37.6 Å². The Morgan fingerprint density at radius 1 is 1.25 bits per heavy atom. The molecule has 3 heterocycles. The standard InChI is InChI=1S/C25H36N8O3/c1-32(2)22(34)17-33(12-4-3-7-20-9-8-19-6-5-11-27-23(19)30-20)13-10-21(24(35)36)31-25-28-15-18(14-26)16-29-25/h8-9,15-16,21-22,34H,3-7,10-13,17H2,1-2H3,(H,27,30)(H,35,36)(H,28,29,31)/t21-,22-/m0/s1. The highest BCUT2D eigenvalue weighted by atomic mass is 16.4. The summed E-state index contributed by atoms with van der Waals surface area (Å²) in [4.78, 5) is 28.4. The molecule has 3 rings (SSSR count). The fraction of sp³-hybridized carbons (Fsp3) is 0.560. The second kappa shape index (κ2) is 13.7. The summed E-state index contributed by atoms with van der Waals surface area (Å²) in [6, 6.07) is 5.31. The number of nitrogens with one attached hydrogen (secondary N) is 2. The van der Waals surface area contributed by atoms with E-state index >= 15 is 0 Å². The number of carboxylic acids is 1. The molecule has 11 nitrogen and oxygen atoms in total. The summed E-state index contributed by atoms with van der Waals surface area (Å²) in [5.74, 6) is 0.157. The van der Waals surface area contributed by atoms with Gasteiger partial charge in [0.05, 0.1) is 18.0 Å². The minimum atomic E-state index is -1.01. The summed E-state index contributed by atoms with van der Waals surface area (Å²) >= 11 is 0. The van der Waals surface area contributed by atoms with Crippen LogP contribution in [-0.4, -0.2) is 93.5 Å². The van der Waals surface area contributed by atoms with E-state index in [0.29, 0.717) is 25.1 Å². The molecular weight excluding hydrogens is 460 g/mol. The van der Waals surface area contributed by atoms with Crippen molar-refractivity contribution in [2.45, 2.75) is 50.8 Å². The van der Waals surface area contributed by atoms with Gasteiger partial charge in [-0.15, -0.1) is 0 Å². The van der Waals surface area contributed by atoms with Crippen LogP contribution in [0.3, 0.4) is 0 Å². The molecule has 0 aliphatic carbocycles. The molecule has 194 valence electrons. The molecule has 0 saturated carbocycles. The first-order valence-corrected chi connectivity index (χ1v) is 12.4. The van der Waals surface area contributed by atoms with Crippen molar-refractivity contribution in [3.63, 3.8) is 0 Å². The van der Waals surface area contributed by atoms with Gasteiger partial charge >= 0.3 is 5.97 Å². The van der Waals surface area contributed by atoms with Crippen LogP contribution in [0, 0.1) is 11.3 Å². The minimum Gasteiger partial charge on any atom is -0.480 e. The van der Waals surface area contributed by atoms with E-state index in [-0.39, 0.29) is 5.95 Å². The summed E-state index contributed by atoms with van der Waals surface area (Å²) in [7, 11) is 3.62. The third-order valence-electron chi connectivity index (χ3n) is 6.24. The average Bonchev–Trinajstić information content (AvgIpc) is 2.88. The van der Waals surface area contributed by atoms with E-state index in [9.17, 15) is 15.0 Å². The normalized spacial score (nSPS) is 14.6. The Bertz CT molecular complexity index is 1020. The number of aromatic nitrogens is 3. The number of aliphatic hydroxyl groups is 1. The lowest BCUT2D eigenvalue weighted by Gasteiger charge is -2.29. The van der Waals surface area contributed by atoms with E-state index in [1.165, 1.54) is 18.0 Å². The fourth-order valence-corrected chi connectivity index (χ4v) is 4.02. The van der Waals surface area contributed by atoms with Crippen LogP contribution in [0.5, 0.6) is 0 Å². The molecule has 0 bridgehead atoms. The van der Waals surface area contributed by atoms with Crippen molar-refractivity contribution in [2.24, 2.45) is 0 Å². The number of anilines is 2. The van der Waals surface area contributed by atoms with Crippen LogP contribution in [0.4, 0.5) is 11.8 Å². The monoisotopic (exact) mass is 496 g/mol. The maximum atomic E-state index is 11.8. The highest BCUT2D eigenvalue weighted by Crippen LogP contribution is 2.20. The van der Waals surface area contributed by atoms with E-state index in [1.807, 2.05) is 20.2 Å². The highest BCUT2D eigenvalue weighted by Gasteiger charge is 2.21. The highest BCUT2D eigenvalue weighted by molar-refractivity contribution is 5.76. The number of aliphatic carboxylic acids is 1. The summed E-state index contributed by atoms with van der Waals surface area (Å²) in [6.45, 7) is 2.59. The Labute approximate surface area is 212 Å². The van der Waals surface area contributed by atoms with Gasteiger partial charge in [0.25, 0.3) is 0 Å². The molecule has 0 saturated heterocycles. The van der Waals surface area contributed by atoms with Gasteiger partial charge in [0, 0.05) is 25.3 Å². The molecule has 2 aromatic rings. The number of nitriles is 1. The third kappa shape index (κ3) is 8.41. The van der Waals surface area contributed by atoms with E-state index < -0.39 is 18.2 Å². The number of rotatable bonds is 14. The first-order valence-electron chi connectivity index (χ1n) is 12.4. The molecule has 2 aromatic heterocycles. The lowest BCUT2D eigenvalue weighted by molar-refractivity contribution is -0.138. The molecule has 11 heteroatoms. The van der Waals surface area contributed by atoms with Crippen molar-refractivity contribution >= 4 is 17.7 Å². The molecule has 1 aliphatic heterocycles. The van der Waals surface area contributed by atoms with Gasteiger partial charge in [-0.25, -0.2) is 19.7 Å². The van der Waals surface area contributed by atoms with Gasteiger partial charge in [0.15, 0.2) is 0 Å². The van der Waals surface area contributed by atoms with Crippen molar-refractivity contribution in [3.8, 4) is 6.07 Å². The van der Waals surface area contributed by atoms with Gasteiger partial charge in [-0.2, -0.15) is 5.26 Å². The quantitative estimate of drug-likeness (QED) is 0.223. The Hall–Kier alpha value is -3.33. The van der Waals surface area contributed by atoms with E-state index in [4.69, 9.17) is 10.2 Å². The van der Waals surface area contributed by atoms with Crippen molar-refractivity contribution in [1.82, 2.24) is 24.8 Å². The molecule has 0 fully saturated rings. The molecular formula is C25H36N8O3. The number of aryl methyl sites for hydroxylation is 2. The molecule has 0 unspecified atom stereocenters. The number of fused-ring (bicyclic) bond motifs is 1. The van der Waals surface area contributed by atoms with Crippen LogP contribution >= 0.6 is 0 Å². The van der Waals surface area contributed by atoms with Crippen LogP contribution in [0.1, 0.15) is 42.5 Å². The maximum Gasteiger partial charge on any atom is 0.326 e. The topological polar surface area (TPSA) is 151 Å². The van der Waals surface area contributed by atoms with Crippen molar-refractivity contribution in [1.29, 1.82) is 5.26 Å². The van der Waals surface area contributed by atoms with Gasteiger partial charge in [0.2, 0.25) is 5.95 Å². The van der Waals surface area contributed by atoms with Gasteiger partial charge < -0.3 is 20.8 Å². The second-order valence-electron chi connectivity index (χ2n) is 9.27. The van der Waals surface area contributed by atoms with Gasteiger partial charge in [0.1, 0.15) is 24.2 Å². The van der Waals surface area contributed by atoms with Crippen molar-refractivity contribution in [3.05, 3.63) is 41.3 Å². The van der Waals surface area contributed by atoms with E-state index in [0.717, 1.165) is 56.7 Å². The molecule has 0 spiro atoms. The number of pyridine rings is 1. The van der Waals surface area contributed by atoms with E-state index in [1.54, 1.807) is 4.90 Å². The average molecular weight is 497 g/mol. The fourth-order valence-electron chi connectivity index (χ4n) is 4.02. The predicted octanol–water partition coefficient (Wildman–Crippen LogP) is 1.56. The first kappa shape index (κ1) is 27.3. The maximum absolute atomic E-state index is 11.8. The molecule has 4 N–H and O–H groups in total. The van der Waals surface area contributed by atoms with Gasteiger partial charge in [-0.3, -0.25) is 9.80 Å². The van der Waals surface area contributed by atoms with Crippen LogP contribution in [0.25, 0.3) is 0 Å². The van der Waals surface area contributed by atoms with Gasteiger partial charge in [-0.1, -0.05) is 6.07 Å². The van der Waals surface area contributed by atoms with Crippen LogP contribution in [-0.2, 0) is 17.6 Å². The molecule has 0 radical (unpaired) electrons. The number of unbranched alkanes of at least 4 members (excludes halogenated alkanes) is 1. The predicted molar refractivity (Wildman–Crippen MR) is 137 cm³/mol. The summed E-state index contributed by atoms with van der Waals surface area (Å²) in [5.41, 5.74) is 2.65. The third-order valence-corrected chi connectivity index (χ3v) is 6.24. The molecule has 36 heavy (non-hydrogen) atoms. The number of hydrogen-bond acceptors (Lipinski definition) is 10. The van der Waals surface area contributed by atoms with Crippen LogP contribution in [0.15, 0.2) is 24.5 Å². The summed E-state index contributed by atoms with van der Waals surface area (Å²) in [6.07, 6.45) is 7.27. The van der Waals surface area contributed by atoms with Crippen molar-refractivity contribution in [2.75, 3.05) is 50.9 Å². The minimum absolute atomic E-state index is 0.160. The van der Waals surface area contributed by atoms with Crippen LogP contribution in [0.2, 0.25) is 0 Å². The molecule has 2 atom stereocenters. The zero-order valence-electron chi connectivity index (χ0n) is 21.0. The number of carboxylic acid groups (broad SMARTS) is 1. The largest absolute Gasteiger partial charge is 0.480 e. The Morgan fingerprint density at radius 2 is 2.03 bits per heavy atom. The lowest BCUT2D eigenvalue weighted by Crippen LogP contribution is -2.43. The number of carbonyl (C=O) groups is 1. The first-order chi connectivity index (χ1) is 17.4.